The van der Waals surface area contributed by atoms with Gasteiger partial charge in [0.1, 0.15) is 0 Å². The molecule has 5 heteroatoms. The average Bonchev–Trinajstić information content (AvgIpc) is 2.49. The Morgan fingerprint density at radius 3 is 2.50 bits per heavy atom. The molecule has 2 rings (SSSR count). The number of benzene rings is 2. The van der Waals surface area contributed by atoms with Crippen molar-refractivity contribution in [2.45, 2.75) is 13.5 Å². The zero-order valence-corrected chi connectivity index (χ0v) is 13.0. The minimum Gasteiger partial charge on any atom is -0.325 e. The molecule has 0 bridgehead atoms. The highest BCUT2D eigenvalue weighted by atomic mass is 35.5. The number of hydrogen-bond acceptors (Lipinski definition) is 3. The van der Waals surface area contributed by atoms with E-state index in [4.69, 9.17) is 11.6 Å². The van der Waals surface area contributed by atoms with Gasteiger partial charge in [-0.25, -0.2) is 0 Å². The fraction of sp³-hybridized carbons (Fsp3) is 0.176. The van der Waals surface area contributed by atoms with Gasteiger partial charge in [0.15, 0.2) is 5.78 Å². The summed E-state index contributed by atoms with van der Waals surface area (Å²) in [4.78, 5) is 23.2. The predicted molar refractivity (Wildman–Crippen MR) is 88.2 cm³/mol. The normalized spacial score (nSPS) is 10.3. The van der Waals surface area contributed by atoms with Gasteiger partial charge in [-0.3, -0.25) is 9.59 Å². The summed E-state index contributed by atoms with van der Waals surface area (Å²) in [6.07, 6.45) is 0. The second-order valence-electron chi connectivity index (χ2n) is 4.92. The maximum absolute atomic E-state index is 11.9. The monoisotopic (exact) mass is 316 g/mol. The lowest BCUT2D eigenvalue weighted by Crippen LogP contribution is -2.27. The number of ketones is 1. The van der Waals surface area contributed by atoms with E-state index in [-0.39, 0.29) is 18.2 Å². The van der Waals surface area contributed by atoms with Gasteiger partial charge in [-0.2, -0.15) is 0 Å². The van der Waals surface area contributed by atoms with Gasteiger partial charge < -0.3 is 10.6 Å². The molecular formula is C17H17ClN2O2. The first-order valence-electron chi connectivity index (χ1n) is 6.90. The summed E-state index contributed by atoms with van der Waals surface area (Å²) in [6, 6.07) is 14.3. The minimum absolute atomic E-state index is 0.0306. The summed E-state index contributed by atoms with van der Waals surface area (Å²) < 4.78 is 0. The first kappa shape index (κ1) is 16.2. The Balaban J connectivity index is 1.81. The van der Waals surface area contributed by atoms with E-state index in [1.165, 1.54) is 6.92 Å². The van der Waals surface area contributed by atoms with Gasteiger partial charge in [-0.15, -0.1) is 0 Å². The lowest BCUT2D eigenvalue weighted by Gasteiger charge is -2.08. The number of halogens is 1. The highest BCUT2D eigenvalue weighted by molar-refractivity contribution is 6.30. The van der Waals surface area contributed by atoms with Gasteiger partial charge in [0.2, 0.25) is 5.91 Å². The van der Waals surface area contributed by atoms with E-state index in [0.717, 1.165) is 5.56 Å². The predicted octanol–water partition coefficient (Wildman–Crippen LogP) is 3.27. The fourth-order valence-corrected chi connectivity index (χ4v) is 2.07. The number of rotatable bonds is 6. The molecule has 2 aromatic carbocycles. The van der Waals surface area contributed by atoms with Gasteiger partial charge in [-0.05, 0) is 36.8 Å². The highest BCUT2D eigenvalue weighted by Gasteiger charge is 2.04. The van der Waals surface area contributed by atoms with Gasteiger partial charge in [-0.1, -0.05) is 35.9 Å². The van der Waals surface area contributed by atoms with Crippen LogP contribution in [0.1, 0.15) is 22.8 Å². The largest absolute Gasteiger partial charge is 0.325 e. The Morgan fingerprint density at radius 1 is 1.09 bits per heavy atom. The van der Waals surface area contributed by atoms with Crippen LogP contribution in [0.2, 0.25) is 5.02 Å². The number of nitrogens with one attached hydrogen (secondary N) is 2. The molecule has 22 heavy (non-hydrogen) atoms. The summed E-state index contributed by atoms with van der Waals surface area (Å²) in [5.41, 5.74) is 2.24. The molecule has 0 atom stereocenters. The molecule has 0 unspecified atom stereocenters. The van der Waals surface area contributed by atoms with E-state index in [2.05, 4.69) is 10.6 Å². The van der Waals surface area contributed by atoms with Gasteiger partial charge >= 0.3 is 0 Å². The zero-order valence-electron chi connectivity index (χ0n) is 12.2. The van der Waals surface area contributed by atoms with E-state index in [1.807, 2.05) is 24.3 Å². The number of amides is 1. The molecule has 0 aromatic heterocycles. The molecule has 4 nitrogen and oxygen atoms in total. The number of hydrogen-bond donors (Lipinski definition) is 2. The molecule has 0 spiro atoms. The third-order valence-corrected chi connectivity index (χ3v) is 3.33. The number of carbonyl (C=O) groups excluding carboxylic acids is 2. The van der Waals surface area contributed by atoms with Crippen LogP contribution in [-0.2, 0) is 11.3 Å². The van der Waals surface area contributed by atoms with E-state index in [9.17, 15) is 9.59 Å². The molecule has 0 aliphatic heterocycles. The van der Waals surface area contributed by atoms with Gasteiger partial charge in [0.05, 0.1) is 6.54 Å². The Morgan fingerprint density at radius 2 is 1.82 bits per heavy atom. The lowest BCUT2D eigenvalue weighted by molar-refractivity contribution is -0.115. The van der Waals surface area contributed by atoms with Crippen molar-refractivity contribution in [3.63, 3.8) is 0 Å². The molecular weight excluding hydrogens is 300 g/mol. The summed E-state index contributed by atoms with van der Waals surface area (Å²) in [6.45, 7) is 2.26. The molecule has 0 saturated carbocycles. The Hall–Kier alpha value is -2.17. The van der Waals surface area contributed by atoms with Crippen molar-refractivity contribution in [1.29, 1.82) is 0 Å². The number of carbonyl (C=O) groups is 2. The molecule has 2 aromatic rings. The first-order chi connectivity index (χ1) is 10.5. The van der Waals surface area contributed by atoms with Crippen LogP contribution in [0.15, 0.2) is 48.5 Å². The van der Waals surface area contributed by atoms with Crippen LogP contribution in [0, 0.1) is 0 Å². The van der Waals surface area contributed by atoms with Crippen molar-refractivity contribution >= 4 is 29.0 Å². The maximum atomic E-state index is 11.9. The standard InChI is InChI=1S/C17H17ClN2O2/c1-12(21)14-3-2-4-16(9-14)20-17(22)11-19-10-13-5-7-15(18)8-6-13/h2-9,19H,10-11H2,1H3,(H,20,22). The first-order valence-corrected chi connectivity index (χ1v) is 7.28. The highest BCUT2D eigenvalue weighted by Crippen LogP contribution is 2.11. The van der Waals surface area contributed by atoms with Gasteiger partial charge in [0, 0.05) is 22.8 Å². The van der Waals surface area contributed by atoms with Crippen LogP contribution in [0.5, 0.6) is 0 Å². The maximum Gasteiger partial charge on any atom is 0.238 e. The van der Waals surface area contributed by atoms with Gasteiger partial charge in [0.25, 0.3) is 0 Å². The summed E-state index contributed by atoms with van der Waals surface area (Å²) >= 11 is 5.81. The van der Waals surface area contributed by atoms with E-state index >= 15 is 0 Å². The molecule has 0 aliphatic rings. The van der Waals surface area contributed by atoms with Crippen LogP contribution in [0.4, 0.5) is 5.69 Å². The Labute approximate surface area is 134 Å². The Kier molecular flexibility index (Phi) is 5.69. The fourth-order valence-electron chi connectivity index (χ4n) is 1.94. The summed E-state index contributed by atoms with van der Waals surface area (Å²) in [5.74, 6) is -0.188. The molecule has 2 N–H and O–H groups in total. The van der Waals surface area contributed by atoms with Crippen LogP contribution in [0.3, 0.4) is 0 Å². The lowest BCUT2D eigenvalue weighted by atomic mass is 10.1. The molecule has 1 amide bonds. The SMILES string of the molecule is CC(=O)c1cccc(NC(=O)CNCc2ccc(Cl)cc2)c1. The second-order valence-corrected chi connectivity index (χ2v) is 5.35. The smallest absolute Gasteiger partial charge is 0.238 e. The van der Waals surface area contributed by atoms with Crippen molar-refractivity contribution in [2.75, 3.05) is 11.9 Å². The number of anilines is 1. The molecule has 0 heterocycles. The van der Waals surface area contributed by atoms with Crippen LogP contribution < -0.4 is 10.6 Å². The van der Waals surface area contributed by atoms with Crippen molar-refractivity contribution in [3.05, 3.63) is 64.7 Å². The molecule has 0 radical (unpaired) electrons. The van der Waals surface area contributed by atoms with Crippen LogP contribution >= 0.6 is 11.6 Å². The van der Waals surface area contributed by atoms with Crippen LogP contribution in [-0.4, -0.2) is 18.2 Å². The van der Waals surface area contributed by atoms with E-state index in [1.54, 1.807) is 24.3 Å². The number of Topliss-reactive ketones (excluding diaryl/α,β-unsaturated/α-hetero) is 1. The second kappa shape index (κ2) is 7.73. The molecule has 0 saturated heterocycles. The molecule has 114 valence electrons. The zero-order chi connectivity index (χ0) is 15.9. The summed E-state index contributed by atoms with van der Waals surface area (Å²) in [5, 5.41) is 6.50. The van der Waals surface area contributed by atoms with Crippen LogP contribution in [0.25, 0.3) is 0 Å². The molecule has 0 aliphatic carbocycles. The van der Waals surface area contributed by atoms with Crippen molar-refractivity contribution in [3.8, 4) is 0 Å². The average molecular weight is 317 g/mol. The molecule has 0 fully saturated rings. The van der Waals surface area contributed by atoms with Crippen molar-refractivity contribution < 1.29 is 9.59 Å². The van der Waals surface area contributed by atoms with E-state index in [0.29, 0.717) is 22.8 Å². The quantitative estimate of drug-likeness (QED) is 0.804. The third-order valence-electron chi connectivity index (χ3n) is 3.08. The minimum atomic E-state index is -0.158. The van der Waals surface area contributed by atoms with Crippen molar-refractivity contribution in [2.24, 2.45) is 0 Å². The topological polar surface area (TPSA) is 58.2 Å². The third kappa shape index (κ3) is 4.98. The summed E-state index contributed by atoms with van der Waals surface area (Å²) in [7, 11) is 0. The Bertz CT molecular complexity index is 669. The van der Waals surface area contributed by atoms with Crippen molar-refractivity contribution in [1.82, 2.24) is 5.32 Å². The van der Waals surface area contributed by atoms with E-state index < -0.39 is 0 Å².